The van der Waals surface area contributed by atoms with Crippen LogP contribution in [0.25, 0.3) is 0 Å². The second-order valence-electron chi connectivity index (χ2n) is 2.56. The fraction of sp³-hybridized carbons (Fsp3) is 0.375. The van der Waals surface area contributed by atoms with Gasteiger partial charge >= 0.3 is 0 Å². The molecule has 0 unspecified atom stereocenters. The predicted octanol–water partition coefficient (Wildman–Crippen LogP) is 0.984. The third-order valence-corrected chi connectivity index (χ3v) is 1.65. The van der Waals surface area contributed by atoms with Crippen molar-refractivity contribution in [1.29, 1.82) is 0 Å². The van der Waals surface area contributed by atoms with E-state index in [0.717, 1.165) is 17.8 Å². The summed E-state index contributed by atoms with van der Waals surface area (Å²) in [4.78, 5) is 13.9. The molecule has 1 rings (SSSR count). The molecule has 3 heteroatoms. The van der Waals surface area contributed by atoms with Crippen molar-refractivity contribution in [2.45, 2.75) is 20.3 Å². The molecular weight excluding hydrogens is 140 g/mol. The molecule has 0 fully saturated rings. The van der Waals surface area contributed by atoms with Crippen molar-refractivity contribution in [3.05, 3.63) is 23.0 Å². The van der Waals surface area contributed by atoms with Gasteiger partial charge in [-0.25, -0.2) is 0 Å². The van der Waals surface area contributed by atoms with Crippen LogP contribution in [-0.2, 0) is 6.42 Å². The molecule has 11 heavy (non-hydrogen) atoms. The van der Waals surface area contributed by atoms with E-state index >= 15 is 0 Å². The molecule has 1 aromatic heterocycles. The Morgan fingerprint density at radius 3 is 2.73 bits per heavy atom. The van der Waals surface area contributed by atoms with E-state index in [1.807, 2.05) is 13.8 Å². The van der Waals surface area contributed by atoms with E-state index in [4.69, 9.17) is 5.73 Å². The molecule has 0 aliphatic heterocycles. The van der Waals surface area contributed by atoms with Gasteiger partial charge in [-0.2, -0.15) is 0 Å². The van der Waals surface area contributed by atoms with E-state index in [-0.39, 0.29) is 5.91 Å². The largest absolute Gasteiger partial charge is 0.366 e. The summed E-state index contributed by atoms with van der Waals surface area (Å²) in [5, 5.41) is 0. The van der Waals surface area contributed by atoms with Crippen LogP contribution in [0.2, 0.25) is 0 Å². The van der Waals surface area contributed by atoms with Gasteiger partial charge in [0.2, 0.25) is 0 Å². The minimum atomic E-state index is -0.355. The highest BCUT2D eigenvalue weighted by atomic mass is 16.1. The van der Waals surface area contributed by atoms with Crippen LogP contribution >= 0.6 is 0 Å². The summed E-state index contributed by atoms with van der Waals surface area (Å²) >= 11 is 0. The van der Waals surface area contributed by atoms with Crippen LogP contribution in [0.1, 0.15) is 28.7 Å². The average molecular weight is 152 g/mol. The summed E-state index contributed by atoms with van der Waals surface area (Å²) in [6.07, 6.45) is 0.812. The van der Waals surface area contributed by atoms with Gasteiger partial charge in [0.15, 0.2) is 0 Å². The number of aryl methyl sites for hydroxylation is 2. The van der Waals surface area contributed by atoms with Crippen molar-refractivity contribution < 1.29 is 4.79 Å². The zero-order valence-corrected chi connectivity index (χ0v) is 6.77. The van der Waals surface area contributed by atoms with Crippen LogP contribution in [0, 0.1) is 6.92 Å². The number of hydrogen-bond donors (Lipinski definition) is 2. The molecule has 0 radical (unpaired) electrons. The molecular formula is C8H12N2O. The standard InChI is InChI=1S/C8H12N2O/c1-3-7-6(8(9)11)4-5(2)10-7/h4,10H,3H2,1-2H3,(H2,9,11). The van der Waals surface area contributed by atoms with Crippen molar-refractivity contribution in [3.63, 3.8) is 0 Å². The Morgan fingerprint density at radius 2 is 2.36 bits per heavy atom. The van der Waals surface area contributed by atoms with Gasteiger partial charge in [0.1, 0.15) is 0 Å². The fourth-order valence-corrected chi connectivity index (χ4v) is 1.14. The highest BCUT2D eigenvalue weighted by Crippen LogP contribution is 2.09. The lowest BCUT2D eigenvalue weighted by Gasteiger charge is -1.93. The number of carbonyl (C=O) groups is 1. The predicted molar refractivity (Wildman–Crippen MR) is 43.4 cm³/mol. The molecule has 3 nitrogen and oxygen atoms in total. The number of nitrogens with two attached hydrogens (primary N) is 1. The first kappa shape index (κ1) is 7.85. The van der Waals surface area contributed by atoms with E-state index in [2.05, 4.69) is 4.98 Å². The number of nitrogens with one attached hydrogen (secondary N) is 1. The molecule has 0 saturated carbocycles. The van der Waals surface area contributed by atoms with Crippen LogP contribution in [0.3, 0.4) is 0 Å². The summed E-state index contributed by atoms with van der Waals surface area (Å²) in [6, 6.07) is 1.78. The summed E-state index contributed by atoms with van der Waals surface area (Å²) in [5.74, 6) is -0.355. The van der Waals surface area contributed by atoms with Crippen LogP contribution in [0.5, 0.6) is 0 Å². The van der Waals surface area contributed by atoms with Crippen LogP contribution in [0.15, 0.2) is 6.07 Å². The van der Waals surface area contributed by atoms with Crippen molar-refractivity contribution >= 4 is 5.91 Å². The van der Waals surface area contributed by atoms with Gasteiger partial charge < -0.3 is 10.7 Å². The molecule has 0 spiro atoms. The number of rotatable bonds is 2. The smallest absolute Gasteiger partial charge is 0.250 e. The van der Waals surface area contributed by atoms with Crippen molar-refractivity contribution in [1.82, 2.24) is 4.98 Å². The Hall–Kier alpha value is -1.25. The first-order chi connectivity index (χ1) is 5.15. The number of amides is 1. The quantitative estimate of drug-likeness (QED) is 0.652. The van der Waals surface area contributed by atoms with Gasteiger partial charge in [-0.1, -0.05) is 6.92 Å². The third-order valence-electron chi connectivity index (χ3n) is 1.65. The van der Waals surface area contributed by atoms with Crippen molar-refractivity contribution in [2.24, 2.45) is 5.73 Å². The van der Waals surface area contributed by atoms with Crippen LogP contribution < -0.4 is 5.73 Å². The molecule has 1 aromatic rings. The second-order valence-corrected chi connectivity index (χ2v) is 2.56. The Bertz CT molecular complexity index is 276. The van der Waals surface area contributed by atoms with E-state index < -0.39 is 0 Å². The van der Waals surface area contributed by atoms with E-state index in [0.29, 0.717) is 5.56 Å². The number of hydrogen-bond acceptors (Lipinski definition) is 1. The van der Waals surface area contributed by atoms with E-state index in [9.17, 15) is 4.79 Å². The molecule has 0 atom stereocenters. The lowest BCUT2D eigenvalue weighted by molar-refractivity contribution is 0.0999. The zero-order chi connectivity index (χ0) is 8.43. The van der Waals surface area contributed by atoms with Crippen molar-refractivity contribution in [3.8, 4) is 0 Å². The Labute approximate surface area is 65.6 Å². The Kier molecular flexibility index (Phi) is 1.98. The molecule has 3 N–H and O–H groups in total. The normalized spacial score (nSPS) is 10.0. The summed E-state index contributed by atoms with van der Waals surface area (Å²) in [7, 11) is 0. The summed E-state index contributed by atoms with van der Waals surface area (Å²) in [5.41, 5.74) is 7.67. The number of aromatic nitrogens is 1. The fourth-order valence-electron chi connectivity index (χ4n) is 1.14. The van der Waals surface area contributed by atoms with Gasteiger partial charge in [0, 0.05) is 11.4 Å². The maximum absolute atomic E-state index is 10.8. The summed E-state index contributed by atoms with van der Waals surface area (Å²) < 4.78 is 0. The SMILES string of the molecule is CCc1[nH]c(C)cc1C(N)=O. The maximum Gasteiger partial charge on any atom is 0.250 e. The number of carbonyl (C=O) groups excluding carboxylic acids is 1. The molecule has 0 aromatic carbocycles. The number of H-pyrrole nitrogens is 1. The zero-order valence-electron chi connectivity index (χ0n) is 6.77. The first-order valence-electron chi connectivity index (χ1n) is 3.63. The average Bonchev–Trinajstić information content (AvgIpc) is 2.30. The lowest BCUT2D eigenvalue weighted by atomic mass is 10.2. The van der Waals surface area contributed by atoms with Gasteiger partial charge in [-0.05, 0) is 19.4 Å². The maximum atomic E-state index is 10.8. The van der Waals surface area contributed by atoms with E-state index in [1.165, 1.54) is 0 Å². The van der Waals surface area contributed by atoms with E-state index in [1.54, 1.807) is 6.07 Å². The molecule has 1 amide bonds. The monoisotopic (exact) mass is 152 g/mol. The molecule has 0 bridgehead atoms. The molecule has 0 aliphatic carbocycles. The number of primary amides is 1. The highest BCUT2D eigenvalue weighted by Gasteiger charge is 2.08. The molecule has 60 valence electrons. The highest BCUT2D eigenvalue weighted by molar-refractivity contribution is 5.94. The van der Waals surface area contributed by atoms with Crippen molar-refractivity contribution in [2.75, 3.05) is 0 Å². The summed E-state index contributed by atoms with van der Waals surface area (Å²) in [6.45, 7) is 3.89. The minimum absolute atomic E-state index is 0.355. The van der Waals surface area contributed by atoms with Crippen LogP contribution in [0.4, 0.5) is 0 Å². The first-order valence-corrected chi connectivity index (χ1v) is 3.63. The van der Waals surface area contributed by atoms with Crippen LogP contribution in [-0.4, -0.2) is 10.9 Å². The van der Waals surface area contributed by atoms with Gasteiger partial charge in [-0.3, -0.25) is 4.79 Å². The molecule has 0 aliphatic rings. The second kappa shape index (κ2) is 2.78. The Balaban J connectivity index is 3.12. The van der Waals surface area contributed by atoms with Gasteiger partial charge in [0.05, 0.1) is 5.56 Å². The number of aromatic amines is 1. The third kappa shape index (κ3) is 1.42. The van der Waals surface area contributed by atoms with Gasteiger partial charge in [0.25, 0.3) is 5.91 Å². The molecule has 1 heterocycles. The topological polar surface area (TPSA) is 58.9 Å². The molecule has 0 saturated heterocycles. The van der Waals surface area contributed by atoms with Gasteiger partial charge in [-0.15, -0.1) is 0 Å². The minimum Gasteiger partial charge on any atom is -0.366 e. The lowest BCUT2D eigenvalue weighted by Crippen LogP contribution is -2.11. The Morgan fingerprint density at radius 1 is 1.73 bits per heavy atom.